The molecule has 1 fully saturated rings. The van der Waals surface area contributed by atoms with Gasteiger partial charge in [0.2, 0.25) is 0 Å². The molecule has 2 heteroatoms. The Morgan fingerprint density at radius 2 is 1.60 bits per heavy atom. The zero-order valence-corrected chi connectivity index (χ0v) is 13.1. The first-order chi connectivity index (χ1) is 9.88. The molecule has 2 nitrogen and oxygen atoms in total. The number of unbranched alkanes of at least 4 members (excludes halogenated alkanes) is 7. The lowest BCUT2D eigenvalue weighted by Crippen LogP contribution is -1.92. The summed E-state index contributed by atoms with van der Waals surface area (Å²) in [5.41, 5.74) is 0. The van der Waals surface area contributed by atoms with Crippen molar-refractivity contribution >= 4 is 0 Å². The predicted molar refractivity (Wildman–Crippen MR) is 86.0 cm³/mol. The van der Waals surface area contributed by atoms with Crippen LogP contribution in [-0.4, -0.2) is 17.3 Å². The van der Waals surface area contributed by atoms with Gasteiger partial charge in [0.05, 0.1) is 18.5 Å². The van der Waals surface area contributed by atoms with Crippen molar-refractivity contribution in [1.29, 1.82) is 0 Å². The van der Waals surface area contributed by atoms with Gasteiger partial charge in [-0.15, -0.1) is 0 Å². The quantitative estimate of drug-likeness (QED) is 0.203. The van der Waals surface area contributed by atoms with Gasteiger partial charge in [0.25, 0.3) is 0 Å². The van der Waals surface area contributed by atoms with Crippen LogP contribution in [0.1, 0.15) is 77.6 Å². The van der Waals surface area contributed by atoms with E-state index in [1.165, 1.54) is 44.9 Å². The fourth-order valence-electron chi connectivity index (χ4n) is 2.54. The highest BCUT2D eigenvalue weighted by Gasteiger charge is 2.36. The summed E-state index contributed by atoms with van der Waals surface area (Å²) in [6.07, 6.45) is 22.2. The molecule has 0 bridgehead atoms. The molecule has 0 amide bonds. The normalized spacial score (nSPS) is 22.1. The average Bonchev–Trinajstić information content (AvgIpc) is 3.20. The van der Waals surface area contributed by atoms with Crippen molar-refractivity contribution in [3.8, 4) is 0 Å². The van der Waals surface area contributed by atoms with Gasteiger partial charge in [-0.3, -0.25) is 0 Å². The van der Waals surface area contributed by atoms with E-state index in [9.17, 15) is 0 Å². The molecular weight excluding hydrogens is 248 g/mol. The third-order valence-electron chi connectivity index (χ3n) is 3.91. The average molecular weight is 280 g/mol. The van der Waals surface area contributed by atoms with Gasteiger partial charge in [-0.05, 0) is 32.1 Å². The maximum atomic E-state index is 8.50. The minimum Gasteiger partial charge on any atom is -0.516 e. The molecule has 1 N–H and O–H groups in total. The van der Waals surface area contributed by atoms with Gasteiger partial charge in [0, 0.05) is 0 Å². The van der Waals surface area contributed by atoms with Crippen LogP contribution in [0.4, 0.5) is 0 Å². The van der Waals surface area contributed by atoms with Crippen LogP contribution in [0.2, 0.25) is 0 Å². The molecule has 1 aliphatic heterocycles. The number of ether oxygens (including phenoxy) is 1. The van der Waals surface area contributed by atoms with Crippen molar-refractivity contribution in [2.24, 2.45) is 0 Å². The minimum atomic E-state index is 0.499. The molecule has 1 saturated heterocycles. The number of hydrogen-bond acceptors (Lipinski definition) is 2. The molecule has 0 aromatic carbocycles. The van der Waals surface area contributed by atoms with Gasteiger partial charge in [0.1, 0.15) is 0 Å². The summed E-state index contributed by atoms with van der Waals surface area (Å²) in [5, 5.41) is 8.50. The lowest BCUT2D eigenvalue weighted by molar-refractivity contribution is 0.358. The molecule has 0 aromatic rings. The van der Waals surface area contributed by atoms with E-state index in [0.717, 1.165) is 31.9 Å². The molecule has 1 rings (SSSR count). The Morgan fingerprint density at radius 3 is 2.40 bits per heavy atom. The maximum Gasteiger partial charge on any atom is 0.0876 e. The van der Waals surface area contributed by atoms with Crippen molar-refractivity contribution in [1.82, 2.24) is 0 Å². The van der Waals surface area contributed by atoms with Crippen LogP contribution in [-0.2, 0) is 4.74 Å². The van der Waals surface area contributed by atoms with Crippen LogP contribution >= 0.6 is 0 Å². The molecule has 0 aliphatic carbocycles. The van der Waals surface area contributed by atoms with E-state index in [4.69, 9.17) is 9.84 Å². The van der Waals surface area contributed by atoms with Crippen molar-refractivity contribution < 1.29 is 9.84 Å². The second-order valence-corrected chi connectivity index (χ2v) is 5.79. The van der Waals surface area contributed by atoms with Crippen LogP contribution in [0, 0.1) is 0 Å². The van der Waals surface area contributed by atoms with E-state index in [2.05, 4.69) is 19.1 Å². The molecule has 0 saturated carbocycles. The SMILES string of the molecule is CCCCCCCCC1OC1CC=CCCCC=CO. The molecule has 116 valence electrons. The van der Waals surface area contributed by atoms with E-state index in [1.807, 2.05) is 0 Å². The summed E-state index contributed by atoms with van der Waals surface area (Å²) < 4.78 is 5.69. The molecule has 0 radical (unpaired) electrons. The van der Waals surface area contributed by atoms with Crippen molar-refractivity contribution in [2.45, 2.75) is 89.8 Å². The highest BCUT2D eigenvalue weighted by atomic mass is 16.6. The third-order valence-corrected chi connectivity index (χ3v) is 3.91. The Bertz CT molecular complexity index is 271. The molecule has 1 heterocycles. The zero-order valence-electron chi connectivity index (χ0n) is 13.1. The number of aliphatic hydroxyl groups excluding tert-OH is 1. The topological polar surface area (TPSA) is 32.8 Å². The minimum absolute atomic E-state index is 0.499. The summed E-state index contributed by atoms with van der Waals surface area (Å²) in [7, 11) is 0. The van der Waals surface area contributed by atoms with E-state index in [0.29, 0.717) is 12.2 Å². The summed E-state index contributed by atoms with van der Waals surface area (Å²) >= 11 is 0. The van der Waals surface area contributed by atoms with Crippen LogP contribution < -0.4 is 0 Å². The van der Waals surface area contributed by atoms with Crippen molar-refractivity contribution in [3.05, 3.63) is 24.5 Å². The first-order valence-electron chi connectivity index (χ1n) is 8.48. The number of allylic oxidation sites excluding steroid dienone is 2. The number of hydrogen-bond donors (Lipinski definition) is 1. The summed E-state index contributed by atoms with van der Waals surface area (Å²) in [5.74, 6) is 0. The highest BCUT2D eigenvalue weighted by molar-refractivity contribution is 4.93. The Morgan fingerprint density at radius 1 is 0.850 bits per heavy atom. The standard InChI is InChI=1S/C18H32O2/c1-2-3-4-5-8-11-14-17-18(20-17)15-12-9-6-7-10-13-16-19/h9,12-13,16-19H,2-8,10-11,14-15H2,1H3. The zero-order chi connectivity index (χ0) is 14.5. The molecule has 0 spiro atoms. The van der Waals surface area contributed by atoms with Crippen molar-refractivity contribution in [2.75, 3.05) is 0 Å². The van der Waals surface area contributed by atoms with Crippen LogP contribution in [0.5, 0.6) is 0 Å². The van der Waals surface area contributed by atoms with Crippen LogP contribution in [0.25, 0.3) is 0 Å². The lowest BCUT2D eigenvalue weighted by atomic mass is 10.1. The molecule has 2 unspecified atom stereocenters. The summed E-state index contributed by atoms with van der Waals surface area (Å²) in [4.78, 5) is 0. The van der Waals surface area contributed by atoms with Gasteiger partial charge < -0.3 is 9.84 Å². The Hall–Kier alpha value is -0.760. The fourth-order valence-corrected chi connectivity index (χ4v) is 2.54. The first kappa shape index (κ1) is 17.3. The first-order valence-corrected chi connectivity index (χ1v) is 8.48. The monoisotopic (exact) mass is 280 g/mol. The fraction of sp³-hybridized carbons (Fsp3) is 0.778. The Kier molecular flexibility index (Phi) is 10.4. The number of epoxide rings is 1. The molecule has 1 aliphatic rings. The van der Waals surface area contributed by atoms with Gasteiger partial charge in [-0.25, -0.2) is 0 Å². The van der Waals surface area contributed by atoms with Crippen LogP contribution in [0.15, 0.2) is 24.5 Å². The summed E-state index contributed by atoms with van der Waals surface area (Å²) in [6.45, 7) is 2.26. The van der Waals surface area contributed by atoms with E-state index in [-0.39, 0.29) is 0 Å². The van der Waals surface area contributed by atoms with Gasteiger partial charge in [0.15, 0.2) is 0 Å². The van der Waals surface area contributed by atoms with E-state index in [1.54, 1.807) is 6.08 Å². The predicted octanol–water partition coefficient (Wildman–Crippen LogP) is 5.69. The van der Waals surface area contributed by atoms with Crippen LogP contribution in [0.3, 0.4) is 0 Å². The van der Waals surface area contributed by atoms with Gasteiger partial charge in [-0.2, -0.15) is 0 Å². The van der Waals surface area contributed by atoms with Crippen molar-refractivity contribution in [3.63, 3.8) is 0 Å². The highest BCUT2D eigenvalue weighted by Crippen LogP contribution is 2.30. The molecular formula is C18H32O2. The second-order valence-electron chi connectivity index (χ2n) is 5.79. The molecule has 0 aromatic heterocycles. The number of rotatable bonds is 13. The van der Waals surface area contributed by atoms with E-state index < -0.39 is 0 Å². The van der Waals surface area contributed by atoms with Gasteiger partial charge >= 0.3 is 0 Å². The largest absolute Gasteiger partial charge is 0.516 e. The van der Waals surface area contributed by atoms with Gasteiger partial charge in [-0.1, -0.05) is 63.7 Å². The summed E-state index contributed by atoms with van der Waals surface area (Å²) in [6, 6.07) is 0. The molecule has 20 heavy (non-hydrogen) atoms. The number of aliphatic hydroxyl groups is 1. The lowest BCUT2D eigenvalue weighted by Gasteiger charge is -1.98. The smallest absolute Gasteiger partial charge is 0.0876 e. The maximum absolute atomic E-state index is 8.50. The molecule has 2 atom stereocenters. The Labute approximate surface area is 124 Å². The van der Waals surface area contributed by atoms with E-state index >= 15 is 0 Å². The third kappa shape index (κ3) is 9.19. The second kappa shape index (κ2) is 12.0. The Balaban J connectivity index is 1.84.